The molecular formula is C19H29N5O. The number of rotatable bonds is 3. The fraction of sp³-hybridized carbons (Fsp3) is 0.737. The predicted molar refractivity (Wildman–Crippen MR) is 97.5 cm³/mol. The van der Waals surface area contributed by atoms with Crippen LogP contribution in [0.4, 0.5) is 5.82 Å². The van der Waals surface area contributed by atoms with Crippen LogP contribution in [0.25, 0.3) is 0 Å². The first-order valence-electron chi connectivity index (χ1n) is 9.58. The van der Waals surface area contributed by atoms with E-state index in [0.717, 1.165) is 63.0 Å². The molecule has 2 saturated heterocycles. The van der Waals surface area contributed by atoms with Gasteiger partial charge in [0.15, 0.2) is 0 Å². The highest BCUT2D eigenvalue weighted by Crippen LogP contribution is 2.35. The first-order valence-corrected chi connectivity index (χ1v) is 9.58. The molecule has 0 N–H and O–H groups in total. The first-order chi connectivity index (χ1) is 12.1. The van der Waals surface area contributed by atoms with Crippen molar-refractivity contribution in [3.63, 3.8) is 0 Å². The van der Waals surface area contributed by atoms with Crippen LogP contribution in [-0.4, -0.2) is 71.0 Å². The molecular weight excluding hydrogens is 314 g/mol. The zero-order valence-electron chi connectivity index (χ0n) is 15.4. The Morgan fingerprint density at radius 2 is 2.04 bits per heavy atom. The van der Waals surface area contributed by atoms with Crippen LogP contribution in [0, 0.1) is 12.8 Å². The Kier molecular flexibility index (Phi) is 4.40. The van der Waals surface area contributed by atoms with Crippen LogP contribution in [0.2, 0.25) is 0 Å². The number of carbonyl (C=O) groups is 1. The number of likely N-dealkylation sites (tertiary alicyclic amines) is 1. The Bertz CT molecular complexity index is 646. The maximum absolute atomic E-state index is 12.6. The molecule has 3 fully saturated rings. The Morgan fingerprint density at radius 1 is 1.20 bits per heavy atom. The molecule has 0 bridgehead atoms. The number of likely N-dealkylation sites (N-methyl/N-ethyl adjacent to an activating group) is 1. The summed E-state index contributed by atoms with van der Waals surface area (Å²) in [6.45, 7) is 6.83. The number of amides is 1. The number of anilines is 1. The van der Waals surface area contributed by atoms with Gasteiger partial charge < -0.3 is 9.80 Å². The minimum atomic E-state index is 0.0745. The van der Waals surface area contributed by atoms with Gasteiger partial charge in [0.25, 0.3) is 0 Å². The molecule has 2 aliphatic heterocycles. The summed E-state index contributed by atoms with van der Waals surface area (Å²) >= 11 is 0. The van der Waals surface area contributed by atoms with Gasteiger partial charge >= 0.3 is 0 Å². The third-order valence-corrected chi connectivity index (χ3v) is 6.29. The Morgan fingerprint density at radius 3 is 2.80 bits per heavy atom. The van der Waals surface area contributed by atoms with Gasteiger partial charge in [-0.1, -0.05) is 0 Å². The largest absolute Gasteiger partial charge is 0.353 e. The van der Waals surface area contributed by atoms with Crippen LogP contribution in [0.5, 0.6) is 0 Å². The van der Waals surface area contributed by atoms with Gasteiger partial charge in [0, 0.05) is 56.4 Å². The molecule has 1 aromatic rings. The van der Waals surface area contributed by atoms with Gasteiger partial charge in [0.05, 0.1) is 0 Å². The number of hydrogen-bond donors (Lipinski definition) is 0. The normalized spacial score (nSPS) is 28.5. The summed E-state index contributed by atoms with van der Waals surface area (Å²) in [6.07, 6.45) is 6.94. The minimum absolute atomic E-state index is 0.0745. The van der Waals surface area contributed by atoms with Crippen molar-refractivity contribution in [2.24, 2.45) is 5.92 Å². The molecule has 136 valence electrons. The summed E-state index contributed by atoms with van der Waals surface area (Å²) in [5, 5.41) is 0. The lowest BCUT2D eigenvalue weighted by Gasteiger charge is -2.49. The van der Waals surface area contributed by atoms with E-state index >= 15 is 0 Å². The molecule has 6 heteroatoms. The van der Waals surface area contributed by atoms with E-state index < -0.39 is 0 Å². The number of aromatic nitrogens is 2. The third-order valence-electron chi connectivity index (χ3n) is 6.29. The van der Waals surface area contributed by atoms with Crippen molar-refractivity contribution in [3.8, 4) is 0 Å². The number of piperazine rings is 1. The van der Waals surface area contributed by atoms with Crippen molar-refractivity contribution in [2.75, 3.05) is 44.7 Å². The molecule has 1 saturated carbocycles. The molecule has 0 aromatic carbocycles. The van der Waals surface area contributed by atoms with Gasteiger partial charge in [0.2, 0.25) is 5.91 Å². The zero-order chi connectivity index (χ0) is 17.4. The van der Waals surface area contributed by atoms with E-state index in [2.05, 4.69) is 37.8 Å². The molecule has 6 nitrogen and oxygen atoms in total. The highest BCUT2D eigenvalue weighted by Gasteiger charge is 2.43. The summed E-state index contributed by atoms with van der Waals surface area (Å²) in [5.41, 5.74) is 1.08. The second-order valence-electron chi connectivity index (χ2n) is 8.12. The fourth-order valence-corrected chi connectivity index (χ4v) is 4.31. The number of aryl methyl sites for hydroxylation is 1. The van der Waals surface area contributed by atoms with Gasteiger partial charge in [-0.05, 0) is 45.6 Å². The van der Waals surface area contributed by atoms with E-state index in [4.69, 9.17) is 0 Å². The molecule has 0 radical (unpaired) electrons. The summed E-state index contributed by atoms with van der Waals surface area (Å²) < 4.78 is 0. The molecule has 1 aliphatic carbocycles. The average Bonchev–Trinajstić information content (AvgIpc) is 3.43. The monoisotopic (exact) mass is 343 g/mol. The summed E-state index contributed by atoms with van der Waals surface area (Å²) in [4.78, 5) is 28.3. The maximum atomic E-state index is 12.6. The van der Waals surface area contributed by atoms with E-state index in [1.54, 1.807) is 6.33 Å². The van der Waals surface area contributed by atoms with E-state index in [0.29, 0.717) is 12.3 Å². The predicted octanol–water partition coefficient (Wildman–Crippen LogP) is 1.70. The topological polar surface area (TPSA) is 52.6 Å². The molecule has 25 heavy (non-hydrogen) atoms. The van der Waals surface area contributed by atoms with Gasteiger partial charge in [-0.3, -0.25) is 9.69 Å². The number of carbonyl (C=O) groups excluding carboxylic acids is 1. The number of hydrogen-bond acceptors (Lipinski definition) is 5. The van der Waals surface area contributed by atoms with E-state index in [1.165, 1.54) is 12.8 Å². The highest BCUT2D eigenvalue weighted by molar-refractivity contribution is 5.76. The van der Waals surface area contributed by atoms with Crippen molar-refractivity contribution in [1.82, 2.24) is 19.8 Å². The summed E-state index contributed by atoms with van der Waals surface area (Å²) in [5.74, 6) is 2.14. The zero-order valence-corrected chi connectivity index (χ0v) is 15.4. The van der Waals surface area contributed by atoms with Crippen molar-refractivity contribution in [3.05, 3.63) is 18.1 Å². The van der Waals surface area contributed by atoms with E-state index in [9.17, 15) is 4.79 Å². The molecule has 4 rings (SSSR count). The maximum Gasteiger partial charge on any atom is 0.222 e. The third kappa shape index (κ3) is 3.50. The Hall–Kier alpha value is -1.69. The molecule has 1 spiro atoms. The molecule has 1 atom stereocenters. The lowest BCUT2D eigenvalue weighted by atomic mass is 9.86. The van der Waals surface area contributed by atoms with E-state index in [1.807, 2.05) is 6.92 Å². The van der Waals surface area contributed by atoms with Crippen LogP contribution in [0.3, 0.4) is 0 Å². The van der Waals surface area contributed by atoms with Gasteiger partial charge in [-0.15, -0.1) is 0 Å². The standard InChI is InChI=1S/C19H29N5O/c1-15-11-17(21-14-20-15)24-10-9-22(2)19(13-24)6-5-18(25)23(8-7-19)12-16-3-4-16/h11,14,16H,3-10,12-13H2,1-2H3/t19-/m0/s1. The number of nitrogens with zero attached hydrogens (tertiary/aromatic N) is 5. The highest BCUT2D eigenvalue weighted by atomic mass is 16.2. The van der Waals surface area contributed by atoms with Crippen molar-refractivity contribution in [1.29, 1.82) is 0 Å². The Labute approximate surface area is 150 Å². The van der Waals surface area contributed by atoms with Crippen LogP contribution >= 0.6 is 0 Å². The second-order valence-corrected chi connectivity index (χ2v) is 8.12. The van der Waals surface area contributed by atoms with Gasteiger partial charge in [-0.2, -0.15) is 0 Å². The van der Waals surface area contributed by atoms with Gasteiger partial charge in [0.1, 0.15) is 12.1 Å². The lowest BCUT2D eigenvalue weighted by molar-refractivity contribution is -0.130. The lowest BCUT2D eigenvalue weighted by Crippen LogP contribution is -2.61. The van der Waals surface area contributed by atoms with E-state index in [-0.39, 0.29) is 5.54 Å². The Balaban J connectivity index is 1.51. The molecule has 1 aromatic heterocycles. The smallest absolute Gasteiger partial charge is 0.222 e. The van der Waals surface area contributed by atoms with Crippen LogP contribution in [0.1, 0.15) is 37.8 Å². The SMILES string of the molecule is Cc1cc(N2CCN(C)[C@]3(CCC(=O)N(CC4CC4)CC3)C2)ncn1. The molecule has 1 amide bonds. The van der Waals surface area contributed by atoms with Crippen molar-refractivity contribution >= 4 is 11.7 Å². The molecule has 3 aliphatic rings. The molecule has 3 heterocycles. The summed E-state index contributed by atoms with van der Waals surface area (Å²) in [6, 6.07) is 2.07. The average molecular weight is 343 g/mol. The van der Waals surface area contributed by atoms with Gasteiger partial charge in [-0.25, -0.2) is 9.97 Å². The minimum Gasteiger partial charge on any atom is -0.353 e. The second kappa shape index (κ2) is 6.56. The first kappa shape index (κ1) is 16.8. The summed E-state index contributed by atoms with van der Waals surface area (Å²) in [7, 11) is 2.23. The quantitative estimate of drug-likeness (QED) is 0.836. The molecule has 0 unspecified atom stereocenters. The van der Waals surface area contributed by atoms with Crippen LogP contribution in [0.15, 0.2) is 12.4 Å². The van der Waals surface area contributed by atoms with Crippen LogP contribution < -0.4 is 4.90 Å². The van der Waals surface area contributed by atoms with Crippen LogP contribution in [-0.2, 0) is 4.79 Å². The van der Waals surface area contributed by atoms with Crippen molar-refractivity contribution in [2.45, 2.75) is 44.6 Å². The fourth-order valence-electron chi connectivity index (χ4n) is 4.31. The van der Waals surface area contributed by atoms with Crippen molar-refractivity contribution < 1.29 is 4.79 Å².